The van der Waals surface area contributed by atoms with E-state index in [-0.39, 0.29) is 17.7 Å². The number of likely N-dealkylation sites (tertiary alicyclic amines) is 1. The van der Waals surface area contributed by atoms with Crippen molar-refractivity contribution >= 4 is 5.91 Å². The second kappa shape index (κ2) is 7.68. The van der Waals surface area contributed by atoms with Crippen molar-refractivity contribution in [1.29, 1.82) is 5.26 Å². The van der Waals surface area contributed by atoms with E-state index < -0.39 is 0 Å². The second-order valence-corrected chi connectivity index (χ2v) is 4.94. The highest BCUT2D eigenvalue weighted by Gasteiger charge is 2.27. The average Bonchev–Trinajstić information content (AvgIpc) is 2.97. The Morgan fingerprint density at radius 1 is 1.45 bits per heavy atom. The van der Waals surface area contributed by atoms with Crippen LogP contribution in [-0.2, 0) is 4.79 Å². The van der Waals surface area contributed by atoms with Gasteiger partial charge in [0.15, 0.2) is 11.6 Å². The van der Waals surface area contributed by atoms with Crippen molar-refractivity contribution in [2.24, 2.45) is 5.92 Å². The van der Waals surface area contributed by atoms with Gasteiger partial charge in [0.05, 0.1) is 0 Å². The monoisotopic (exact) mass is 277 g/mol. The van der Waals surface area contributed by atoms with Crippen LogP contribution in [0.25, 0.3) is 0 Å². The predicted octanol–water partition coefficient (Wildman–Crippen LogP) is 2.93. The molecule has 1 amide bonds. The number of nitriles is 1. The van der Waals surface area contributed by atoms with Crippen molar-refractivity contribution in [2.75, 3.05) is 13.1 Å². The first kappa shape index (κ1) is 16.2. The van der Waals surface area contributed by atoms with Crippen LogP contribution in [0, 0.1) is 17.2 Å². The average molecular weight is 277 g/mol. The zero-order valence-corrected chi connectivity index (χ0v) is 12.7. The molecule has 0 aliphatic carbocycles. The van der Waals surface area contributed by atoms with Gasteiger partial charge < -0.3 is 9.32 Å². The second-order valence-electron chi connectivity index (χ2n) is 4.94. The molecule has 0 radical (unpaired) electrons. The molecule has 0 saturated carbocycles. The Morgan fingerprint density at radius 3 is 2.50 bits per heavy atom. The molecule has 5 heteroatoms. The van der Waals surface area contributed by atoms with Crippen LogP contribution in [0.4, 0.5) is 0 Å². The molecule has 2 rings (SSSR count). The molecule has 5 nitrogen and oxygen atoms in total. The molecule has 0 bridgehead atoms. The summed E-state index contributed by atoms with van der Waals surface area (Å²) in [6, 6.07) is 1.96. The van der Waals surface area contributed by atoms with Gasteiger partial charge in [-0.1, -0.05) is 27.7 Å². The van der Waals surface area contributed by atoms with Gasteiger partial charge in [0.1, 0.15) is 12.3 Å². The van der Waals surface area contributed by atoms with Crippen LogP contribution in [0.5, 0.6) is 0 Å². The van der Waals surface area contributed by atoms with Crippen LogP contribution in [0.1, 0.15) is 58.0 Å². The van der Waals surface area contributed by atoms with Crippen LogP contribution in [-0.4, -0.2) is 28.9 Å². The summed E-state index contributed by atoms with van der Waals surface area (Å²) in [5.74, 6) is 1.11. The van der Waals surface area contributed by atoms with Crippen molar-refractivity contribution in [3.63, 3.8) is 0 Å². The van der Waals surface area contributed by atoms with E-state index in [9.17, 15) is 4.79 Å². The van der Waals surface area contributed by atoms with Crippen LogP contribution in [0.3, 0.4) is 0 Å². The molecule has 0 atom stereocenters. The maximum atomic E-state index is 11.8. The number of hydrogen-bond donors (Lipinski definition) is 0. The minimum atomic E-state index is 0.0495. The van der Waals surface area contributed by atoms with Crippen molar-refractivity contribution in [3.05, 3.63) is 17.8 Å². The first-order valence-electron chi connectivity index (χ1n) is 7.26. The molecule has 1 saturated heterocycles. The van der Waals surface area contributed by atoms with Crippen molar-refractivity contribution in [3.8, 4) is 6.07 Å². The predicted molar refractivity (Wildman–Crippen MR) is 76.0 cm³/mol. The fraction of sp³-hybridized carbons (Fsp3) is 0.667. The third kappa shape index (κ3) is 3.83. The summed E-state index contributed by atoms with van der Waals surface area (Å²) < 4.78 is 5.30. The number of amides is 1. The molecule has 0 unspecified atom stereocenters. The topological polar surface area (TPSA) is 70.1 Å². The Morgan fingerprint density at radius 2 is 2.05 bits per heavy atom. The van der Waals surface area contributed by atoms with Gasteiger partial charge in [0.25, 0.3) is 0 Å². The number of hydrogen-bond acceptors (Lipinski definition) is 4. The molecular formula is C15H23N3O2. The standard InChI is InChI=1S/C13H17N3O2.C2H6/c1-9(2)13(17)16-5-3-10(4-6-16)12-15-11(7-14)8-18-12;1-2/h8-10H,3-6H2,1-2H3;1-2H3. The summed E-state index contributed by atoms with van der Waals surface area (Å²) in [7, 11) is 0. The Kier molecular flexibility index (Phi) is 6.23. The first-order valence-corrected chi connectivity index (χ1v) is 7.26. The lowest BCUT2D eigenvalue weighted by Gasteiger charge is -2.31. The SMILES string of the molecule is CC.CC(C)C(=O)N1CCC(c2nc(C#N)co2)CC1. The molecule has 1 aromatic rings. The molecule has 110 valence electrons. The molecule has 1 aliphatic heterocycles. The molecule has 20 heavy (non-hydrogen) atoms. The summed E-state index contributed by atoms with van der Waals surface area (Å²) in [6.45, 7) is 9.32. The number of rotatable bonds is 2. The number of nitrogens with zero attached hydrogens (tertiary/aromatic N) is 3. The number of carbonyl (C=O) groups is 1. The molecule has 1 aromatic heterocycles. The highest BCUT2D eigenvalue weighted by Crippen LogP contribution is 2.27. The van der Waals surface area contributed by atoms with E-state index in [0.717, 1.165) is 25.9 Å². The lowest BCUT2D eigenvalue weighted by atomic mass is 9.96. The van der Waals surface area contributed by atoms with Gasteiger partial charge in [-0.3, -0.25) is 4.79 Å². The Bertz CT molecular complexity index is 466. The van der Waals surface area contributed by atoms with Crippen LogP contribution in [0.2, 0.25) is 0 Å². The van der Waals surface area contributed by atoms with Gasteiger partial charge >= 0.3 is 0 Å². The van der Waals surface area contributed by atoms with Gasteiger partial charge in [0.2, 0.25) is 5.91 Å². The van der Waals surface area contributed by atoms with Crippen molar-refractivity contribution in [2.45, 2.75) is 46.5 Å². The van der Waals surface area contributed by atoms with Gasteiger partial charge in [-0.15, -0.1) is 0 Å². The first-order chi connectivity index (χ1) is 9.61. The van der Waals surface area contributed by atoms with Gasteiger partial charge in [-0.2, -0.15) is 5.26 Å². The highest BCUT2D eigenvalue weighted by atomic mass is 16.3. The minimum Gasteiger partial charge on any atom is -0.447 e. The lowest BCUT2D eigenvalue weighted by molar-refractivity contribution is -0.135. The van der Waals surface area contributed by atoms with E-state index in [2.05, 4.69) is 4.98 Å². The minimum absolute atomic E-state index is 0.0495. The number of piperidine rings is 1. The lowest BCUT2D eigenvalue weighted by Crippen LogP contribution is -2.40. The van der Waals surface area contributed by atoms with E-state index in [0.29, 0.717) is 11.6 Å². The van der Waals surface area contributed by atoms with Crippen LogP contribution >= 0.6 is 0 Å². The van der Waals surface area contributed by atoms with E-state index in [1.807, 2.05) is 38.7 Å². The molecule has 0 N–H and O–H groups in total. The Hall–Kier alpha value is -1.83. The van der Waals surface area contributed by atoms with Gasteiger partial charge in [-0.05, 0) is 12.8 Å². The fourth-order valence-electron chi connectivity index (χ4n) is 2.24. The van der Waals surface area contributed by atoms with Crippen LogP contribution in [0.15, 0.2) is 10.7 Å². The Labute approximate surface area is 120 Å². The highest BCUT2D eigenvalue weighted by molar-refractivity contribution is 5.78. The maximum absolute atomic E-state index is 11.8. The molecule has 2 heterocycles. The quantitative estimate of drug-likeness (QED) is 0.833. The zero-order valence-electron chi connectivity index (χ0n) is 12.7. The van der Waals surface area contributed by atoms with E-state index in [1.54, 1.807) is 0 Å². The van der Waals surface area contributed by atoms with Gasteiger partial charge in [0, 0.05) is 24.9 Å². The summed E-state index contributed by atoms with van der Waals surface area (Å²) in [6.07, 6.45) is 3.09. The summed E-state index contributed by atoms with van der Waals surface area (Å²) >= 11 is 0. The molecular weight excluding hydrogens is 254 g/mol. The third-order valence-corrected chi connectivity index (χ3v) is 3.29. The maximum Gasteiger partial charge on any atom is 0.225 e. The largest absolute Gasteiger partial charge is 0.447 e. The molecule has 1 fully saturated rings. The fourth-order valence-corrected chi connectivity index (χ4v) is 2.24. The van der Waals surface area contributed by atoms with E-state index in [1.165, 1.54) is 6.26 Å². The normalized spacial score (nSPS) is 15.5. The van der Waals surface area contributed by atoms with Gasteiger partial charge in [-0.25, -0.2) is 4.98 Å². The van der Waals surface area contributed by atoms with Crippen molar-refractivity contribution in [1.82, 2.24) is 9.88 Å². The smallest absolute Gasteiger partial charge is 0.225 e. The summed E-state index contributed by atoms with van der Waals surface area (Å²) in [5, 5.41) is 8.70. The van der Waals surface area contributed by atoms with E-state index in [4.69, 9.17) is 9.68 Å². The summed E-state index contributed by atoms with van der Waals surface area (Å²) in [5.41, 5.74) is 0.325. The summed E-state index contributed by atoms with van der Waals surface area (Å²) in [4.78, 5) is 17.9. The number of carbonyl (C=O) groups excluding carboxylic acids is 1. The zero-order chi connectivity index (χ0) is 15.1. The third-order valence-electron chi connectivity index (χ3n) is 3.29. The molecule has 1 aliphatic rings. The number of aromatic nitrogens is 1. The van der Waals surface area contributed by atoms with Crippen LogP contribution < -0.4 is 0 Å². The Balaban J connectivity index is 0.000000956. The number of oxazole rings is 1. The van der Waals surface area contributed by atoms with Crippen molar-refractivity contribution < 1.29 is 9.21 Å². The van der Waals surface area contributed by atoms with E-state index >= 15 is 0 Å². The molecule has 0 aromatic carbocycles. The molecule has 0 spiro atoms.